The monoisotopic (exact) mass is 464 g/mol. The minimum atomic E-state index is -1.43. The lowest BCUT2D eigenvalue weighted by molar-refractivity contribution is 0.142. The van der Waals surface area contributed by atoms with Crippen molar-refractivity contribution in [2.45, 2.75) is 129 Å². The third-order valence-electron chi connectivity index (χ3n) is 6.40. The summed E-state index contributed by atoms with van der Waals surface area (Å²) in [6.07, 6.45) is 20.1. The van der Waals surface area contributed by atoms with E-state index in [9.17, 15) is 9.90 Å². The summed E-state index contributed by atoms with van der Waals surface area (Å²) in [7, 11) is 1.52. The second-order valence-corrected chi connectivity index (χ2v) is 9.21. The molecule has 0 amide bonds. The van der Waals surface area contributed by atoms with Crippen molar-refractivity contribution in [3.05, 3.63) is 17.2 Å². The van der Waals surface area contributed by atoms with Crippen molar-refractivity contribution in [3.8, 4) is 17.2 Å². The first-order chi connectivity index (χ1) is 16.0. The first kappa shape index (κ1) is 29.1. The van der Waals surface area contributed by atoms with Crippen LogP contribution in [0.1, 0.15) is 128 Å². The molecule has 0 radical (unpaired) electrons. The van der Waals surface area contributed by atoms with Gasteiger partial charge >= 0.3 is 6.16 Å². The van der Waals surface area contributed by atoms with Crippen LogP contribution in [0.25, 0.3) is 0 Å². The number of phenolic OH excluding ortho intramolecular Hbond substituents is 1. The van der Waals surface area contributed by atoms with Crippen LogP contribution in [0.3, 0.4) is 0 Å². The maximum Gasteiger partial charge on any atom is 0.511 e. The number of phenols is 1. The lowest BCUT2D eigenvalue weighted by Gasteiger charge is -2.18. The predicted octanol–water partition coefficient (Wildman–Crippen LogP) is 8.82. The molecule has 0 aromatic heterocycles. The highest BCUT2D eigenvalue weighted by atomic mass is 16.7. The fourth-order valence-electron chi connectivity index (χ4n) is 4.49. The van der Waals surface area contributed by atoms with Gasteiger partial charge in [0, 0.05) is 5.56 Å². The van der Waals surface area contributed by atoms with Crippen molar-refractivity contribution in [1.82, 2.24) is 0 Å². The molecule has 1 aromatic carbocycles. The number of aryl methyl sites for hydroxylation is 1. The Labute approximate surface area is 201 Å². The molecule has 0 aliphatic rings. The summed E-state index contributed by atoms with van der Waals surface area (Å²) >= 11 is 0. The molecular weight excluding hydrogens is 416 g/mol. The number of rotatable bonds is 20. The van der Waals surface area contributed by atoms with Gasteiger partial charge in [-0.05, 0) is 37.3 Å². The summed E-state index contributed by atoms with van der Waals surface area (Å²) in [4.78, 5) is 11.1. The van der Waals surface area contributed by atoms with Crippen LogP contribution in [0.15, 0.2) is 6.07 Å². The van der Waals surface area contributed by atoms with Crippen molar-refractivity contribution in [1.29, 1.82) is 0 Å². The van der Waals surface area contributed by atoms with E-state index >= 15 is 0 Å². The normalized spacial score (nSPS) is 11.0. The molecule has 0 atom stereocenters. The number of aromatic hydroxyl groups is 1. The molecule has 33 heavy (non-hydrogen) atoms. The van der Waals surface area contributed by atoms with E-state index in [1.54, 1.807) is 6.07 Å². The summed E-state index contributed by atoms with van der Waals surface area (Å²) in [6, 6.07) is 1.70. The molecule has 0 spiro atoms. The number of benzene rings is 1. The molecule has 0 saturated heterocycles. The van der Waals surface area contributed by atoms with Crippen LogP contribution in [-0.2, 0) is 12.8 Å². The van der Waals surface area contributed by atoms with Gasteiger partial charge in [-0.3, -0.25) is 0 Å². The van der Waals surface area contributed by atoms with Gasteiger partial charge in [0.05, 0.1) is 7.11 Å². The van der Waals surface area contributed by atoms with Crippen LogP contribution in [0.2, 0.25) is 0 Å². The van der Waals surface area contributed by atoms with E-state index in [0.29, 0.717) is 5.75 Å². The van der Waals surface area contributed by atoms with Crippen LogP contribution >= 0.6 is 0 Å². The first-order valence-corrected chi connectivity index (χ1v) is 13.4. The van der Waals surface area contributed by atoms with E-state index < -0.39 is 6.16 Å². The molecule has 5 heteroatoms. The van der Waals surface area contributed by atoms with Crippen LogP contribution in [0, 0.1) is 0 Å². The van der Waals surface area contributed by atoms with Crippen molar-refractivity contribution in [3.63, 3.8) is 0 Å². The van der Waals surface area contributed by atoms with Gasteiger partial charge in [0.25, 0.3) is 0 Å². The SMILES string of the molecule is CCCCCCCCCCc1cc(OC(=O)O)c(O)c(OC)c1CCCCCCCCCC. The molecule has 0 unspecified atom stereocenters. The van der Waals surface area contributed by atoms with E-state index in [2.05, 4.69) is 13.8 Å². The number of hydrogen-bond acceptors (Lipinski definition) is 4. The topological polar surface area (TPSA) is 76.0 Å². The standard InChI is InChI=1S/C28H48O5/c1-4-6-8-10-12-14-16-18-20-23-22-25(33-28(30)31)26(29)27(32-3)24(23)21-19-17-15-13-11-9-7-5-2/h22,29H,4-21H2,1-3H3,(H,30,31). The highest BCUT2D eigenvalue weighted by Crippen LogP contribution is 2.42. The summed E-state index contributed by atoms with van der Waals surface area (Å²) in [5.41, 5.74) is 2.04. The van der Waals surface area contributed by atoms with E-state index in [1.807, 2.05) is 0 Å². The van der Waals surface area contributed by atoms with Crippen molar-refractivity contribution in [2.75, 3.05) is 7.11 Å². The first-order valence-electron chi connectivity index (χ1n) is 13.4. The quantitative estimate of drug-likeness (QED) is 0.114. The largest absolute Gasteiger partial charge is 0.511 e. The minimum Gasteiger partial charge on any atom is -0.502 e. The Morgan fingerprint density at radius 1 is 0.758 bits per heavy atom. The van der Waals surface area contributed by atoms with Crippen molar-refractivity contribution >= 4 is 6.16 Å². The Kier molecular flexibility index (Phi) is 16.3. The third-order valence-corrected chi connectivity index (χ3v) is 6.40. The average molecular weight is 465 g/mol. The number of carboxylic acid groups (broad SMARTS) is 1. The molecule has 0 aliphatic carbocycles. The highest BCUT2D eigenvalue weighted by Gasteiger charge is 2.21. The molecule has 0 aliphatic heterocycles. The molecule has 5 nitrogen and oxygen atoms in total. The van der Waals surface area contributed by atoms with E-state index in [-0.39, 0.29) is 11.5 Å². The zero-order chi connectivity index (χ0) is 24.3. The maximum absolute atomic E-state index is 11.1. The zero-order valence-corrected chi connectivity index (χ0v) is 21.4. The third kappa shape index (κ3) is 12.2. The molecule has 1 aromatic rings. The van der Waals surface area contributed by atoms with Gasteiger partial charge in [-0.2, -0.15) is 0 Å². The molecular formula is C28H48O5. The Morgan fingerprint density at radius 2 is 1.21 bits per heavy atom. The van der Waals surface area contributed by atoms with Crippen LogP contribution in [0.5, 0.6) is 17.2 Å². The summed E-state index contributed by atoms with van der Waals surface area (Å²) < 4.78 is 10.4. The second kappa shape index (κ2) is 18.5. The Hall–Kier alpha value is -1.91. The van der Waals surface area contributed by atoms with Crippen LogP contribution < -0.4 is 9.47 Å². The minimum absolute atomic E-state index is 0.0337. The van der Waals surface area contributed by atoms with Gasteiger partial charge in [0.15, 0.2) is 11.5 Å². The lowest BCUT2D eigenvalue weighted by atomic mass is 9.94. The number of carbonyl (C=O) groups is 1. The Morgan fingerprint density at radius 3 is 1.67 bits per heavy atom. The predicted molar refractivity (Wildman–Crippen MR) is 136 cm³/mol. The van der Waals surface area contributed by atoms with Crippen molar-refractivity contribution in [2.24, 2.45) is 0 Å². The van der Waals surface area contributed by atoms with Gasteiger partial charge in [-0.25, -0.2) is 4.79 Å². The Balaban J connectivity index is 2.71. The summed E-state index contributed by atoms with van der Waals surface area (Å²) in [5, 5.41) is 19.6. The molecule has 1 rings (SSSR count). The van der Waals surface area contributed by atoms with Crippen molar-refractivity contribution < 1.29 is 24.5 Å². The molecule has 0 saturated carbocycles. The second-order valence-electron chi connectivity index (χ2n) is 9.21. The van der Waals surface area contributed by atoms with Gasteiger partial charge in [-0.15, -0.1) is 0 Å². The number of hydrogen-bond donors (Lipinski definition) is 2. The average Bonchev–Trinajstić information content (AvgIpc) is 2.79. The van der Waals surface area contributed by atoms with Gasteiger partial charge in [0.1, 0.15) is 0 Å². The van der Waals surface area contributed by atoms with Crippen LogP contribution in [0.4, 0.5) is 4.79 Å². The number of unbranched alkanes of at least 4 members (excludes halogenated alkanes) is 14. The van der Waals surface area contributed by atoms with Gasteiger partial charge < -0.3 is 19.7 Å². The molecule has 0 fully saturated rings. The highest BCUT2D eigenvalue weighted by molar-refractivity contribution is 5.66. The fourth-order valence-corrected chi connectivity index (χ4v) is 4.49. The van der Waals surface area contributed by atoms with E-state index in [0.717, 1.165) is 49.7 Å². The summed E-state index contributed by atoms with van der Waals surface area (Å²) in [6.45, 7) is 4.47. The molecule has 0 heterocycles. The lowest BCUT2D eigenvalue weighted by Crippen LogP contribution is -2.07. The van der Waals surface area contributed by atoms with Gasteiger partial charge in [-0.1, -0.05) is 104 Å². The smallest absolute Gasteiger partial charge is 0.502 e. The Bertz CT molecular complexity index is 656. The summed E-state index contributed by atoms with van der Waals surface area (Å²) in [5.74, 6) is 0.119. The molecule has 2 N–H and O–H groups in total. The molecule has 190 valence electrons. The fraction of sp³-hybridized carbons (Fsp3) is 0.750. The van der Waals surface area contributed by atoms with E-state index in [1.165, 1.54) is 84.2 Å². The number of ether oxygens (including phenoxy) is 2. The zero-order valence-electron chi connectivity index (χ0n) is 21.4. The van der Waals surface area contributed by atoms with Gasteiger partial charge in [0.2, 0.25) is 5.75 Å². The maximum atomic E-state index is 11.1. The molecule has 0 bridgehead atoms. The van der Waals surface area contributed by atoms with E-state index in [4.69, 9.17) is 14.6 Å². The van der Waals surface area contributed by atoms with Crippen LogP contribution in [-0.4, -0.2) is 23.5 Å². The number of methoxy groups -OCH3 is 1.